The van der Waals surface area contributed by atoms with Crippen molar-refractivity contribution in [3.8, 4) is 11.1 Å². The van der Waals surface area contributed by atoms with Crippen LogP contribution in [-0.2, 0) is 6.54 Å². The third-order valence-electron chi connectivity index (χ3n) is 3.18. The fraction of sp³-hybridized carbons (Fsp3) is 0.235. The quantitative estimate of drug-likeness (QED) is 0.788. The van der Waals surface area contributed by atoms with E-state index in [0.717, 1.165) is 30.6 Å². The SMILES string of the molecule is CCCNCc1ccc(-c2ccc(C(=O)O)cc2)cc1. The zero-order chi connectivity index (χ0) is 14.4. The Labute approximate surface area is 119 Å². The molecular formula is C17H19NO2. The van der Waals surface area contributed by atoms with Crippen LogP contribution in [0.2, 0.25) is 0 Å². The van der Waals surface area contributed by atoms with Gasteiger partial charge in [-0.05, 0) is 41.8 Å². The van der Waals surface area contributed by atoms with Crippen LogP contribution in [0, 0.1) is 0 Å². The largest absolute Gasteiger partial charge is 0.478 e. The van der Waals surface area contributed by atoms with E-state index in [0.29, 0.717) is 5.56 Å². The molecule has 0 fully saturated rings. The fourth-order valence-electron chi connectivity index (χ4n) is 2.03. The van der Waals surface area contributed by atoms with Gasteiger partial charge in [-0.3, -0.25) is 0 Å². The van der Waals surface area contributed by atoms with Crippen molar-refractivity contribution in [2.45, 2.75) is 19.9 Å². The molecule has 2 rings (SSSR count). The van der Waals surface area contributed by atoms with Crippen molar-refractivity contribution in [2.24, 2.45) is 0 Å². The normalized spacial score (nSPS) is 10.4. The van der Waals surface area contributed by atoms with E-state index in [1.807, 2.05) is 12.1 Å². The standard InChI is InChI=1S/C17H19NO2/c1-2-11-18-12-13-3-5-14(6-4-13)15-7-9-16(10-8-15)17(19)20/h3-10,18H,2,11-12H2,1H3,(H,19,20). The van der Waals surface area contributed by atoms with E-state index in [-0.39, 0.29) is 0 Å². The smallest absolute Gasteiger partial charge is 0.335 e. The minimum atomic E-state index is -0.895. The molecule has 0 heterocycles. The van der Waals surface area contributed by atoms with E-state index in [1.165, 1.54) is 5.56 Å². The van der Waals surface area contributed by atoms with Crippen molar-refractivity contribution >= 4 is 5.97 Å². The molecular weight excluding hydrogens is 250 g/mol. The molecule has 2 aromatic rings. The molecule has 0 radical (unpaired) electrons. The minimum Gasteiger partial charge on any atom is -0.478 e. The molecule has 20 heavy (non-hydrogen) atoms. The second-order valence-electron chi connectivity index (χ2n) is 4.76. The Kier molecular flexibility index (Phi) is 4.91. The maximum absolute atomic E-state index is 10.8. The lowest BCUT2D eigenvalue weighted by Gasteiger charge is -2.06. The first kappa shape index (κ1) is 14.3. The molecule has 104 valence electrons. The first-order valence-electron chi connectivity index (χ1n) is 6.84. The average Bonchev–Trinajstić information content (AvgIpc) is 2.48. The van der Waals surface area contributed by atoms with Crippen LogP contribution in [0.4, 0.5) is 0 Å². The molecule has 2 aromatic carbocycles. The zero-order valence-corrected chi connectivity index (χ0v) is 11.6. The maximum atomic E-state index is 10.8. The molecule has 0 aliphatic rings. The molecule has 0 amide bonds. The van der Waals surface area contributed by atoms with Gasteiger partial charge < -0.3 is 10.4 Å². The third-order valence-corrected chi connectivity index (χ3v) is 3.18. The van der Waals surface area contributed by atoms with Crippen LogP contribution in [0.15, 0.2) is 48.5 Å². The maximum Gasteiger partial charge on any atom is 0.335 e. The lowest BCUT2D eigenvalue weighted by atomic mass is 10.0. The van der Waals surface area contributed by atoms with E-state index in [2.05, 4.69) is 36.5 Å². The Bertz CT molecular complexity index is 559. The van der Waals surface area contributed by atoms with E-state index in [9.17, 15) is 4.79 Å². The van der Waals surface area contributed by atoms with Gasteiger partial charge in [0.25, 0.3) is 0 Å². The number of carboxylic acids is 1. The summed E-state index contributed by atoms with van der Waals surface area (Å²) in [7, 11) is 0. The molecule has 0 unspecified atom stereocenters. The summed E-state index contributed by atoms with van der Waals surface area (Å²) in [5.74, 6) is -0.895. The number of aromatic carboxylic acids is 1. The monoisotopic (exact) mass is 269 g/mol. The molecule has 0 aliphatic carbocycles. The van der Waals surface area contributed by atoms with E-state index < -0.39 is 5.97 Å². The summed E-state index contributed by atoms with van der Waals surface area (Å²) < 4.78 is 0. The Morgan fingerprint density at radius 3 is 2.05 bits per heavy atom. The molecule has 0 bridgehead atoms. The van der Waals surface area contributed by atoms with Gasteiger partial charge in [0.2, 0.25) is 0 Å². The van der Waals surface area contributed by atoms with Gasteiger partial charge in [-0.25, -0.2) is 4.79 Å². The topological polar surface area (TPSA) is 49.3 Å². The summed E-state index contributed by atoms with van der Waals surface area (Å²) in [6, 6.07) is 15.3. The van der Waals surface area contributed by atoms with Gasteiger partial charge in [-0.2, -0.15) is 0 Å². The van der Waals surface area contributed by atoms with Gasteiger partial charge in [0.1, 0.15) is 0 Å². The highest BCUT2D eigenvalue weighted by Crippen LogP contribution is 2.20. The van der Waals surface area contributed by atoms with Crippen molar-refractivity contribution in [1.29, 1.82) is 0 Å². The highest BCUT2D eigenvalue weighted by Gasteiger charge is 2.03. The molecule has 3 heteroatoms. The fourth-order valence-corrected chi connectivity index (χ4v) is 2.03. The summed E-state index contributed by atoms with van der Waals surface area (Å²) in [4.78, 5) is 10.8. The molecule has 0 saturated carbocycles. The van der Waals surface area contributed by atoms with Crippen LogP contribution in [0.3, 0.4) is 0 Å². The van der Waals surface area contributed by atoms with Gasteiger partial charge in [0.15, 0.2) is 0 Å². The van der Waals surface area contributed by atoms with Gasteiger partial charge in [0, 0.05) is 6.54 Å². The average molecular weight is 269 g/mol. The van der Waals surface area contributed by atoms with Crippen LogP contribution in [0.5, 0.6) is 0 Å². The number of carboxylic acid groups (broad SMARTS) is 1. The number of benzene rings is 2. The van der Waals surface area contributed by atoms with Crippen LogP contribution in [0.1, 0.15) is 29.3 Å². The Hall–Kier alpha value is -2.13. The Morgan fingerprint density at radius 2 is 1.55 bits per heavy atom. The predicted molar refractivity (Wildman–Crippen MR) is 80.8 cm³/mol. The number of nitrogens with one attached hydrogen (secondary N) is 1. The van der Waals surface area contributed by atoms with Crippen molar-refractivity contribution in [1.82, 2.24) is 5.32 Å². The van der Waals surface area contributed by atoms with E-state index in [4.69, 9.17) is 5.11 Å². The van der Waals surface area contributed by atoms with Crippen molar-refractivity contribution in [3.63, 3.8) is 0 Å². The second kappa shape index (κ2) is 6.87. The second-order valence-corrected chi connectivity index (χ2v) is 4.76. The zero-order valence-electron chi connectivity index (χ0n) is 11.6. The Balaban J connectivity index is 2.07. The van der Waals surface area contributed by atoms with Gasteiger partial charge in [-0.15, -0.1) is 0 Å². The van der Waals surface area contributed by atoms with Crippen LogP contribution in [-0.4, -0.2) is 17.6 Å². The number of rotatable bonds is 6. The third kappa shape index (κ3) is 3.68. The lowest BCUT2D eigenvalue weighted by molar-refractivity contribution is 0.0697. The van der Waals surface area contributed by atoms with Gasteiger partial charge in [0.05, 0.1) is 5.56 Å². The van der Waals surface area contributed by atoms with Crippen LogP contribution >= 0.6 is 0 Å². The number of hydrogen-bond acceptors (Lipinski definition) is 2. The van der Waals surface area contributed by atoms with Crippen molar-refractivity contribution < 1.29 is 9.90 Å². The molecule has 0 aliphatic heterocycles. The molecule has 0 spiro atoms. The van der Waals surface area contributed by atoms with Crippen molar-refractivity contribution in [3.05, 3.63) is 59.7 Å². The molecule has 2 N–H and O–H groups in total. The first-order valence-corrected chi connectivity index (χ1v) is 6.84. The van der Waals surface area contributed by atoms with E-state index in [1.54, 1.807) is 12.1 Å². The molecule has 3 nitrogen and oxygen atoms in total. The number of carbonyl (C=O) groups is 1. The number of hydrogen-bond donors (Lipinski definition) is 2. The molecule has 0 saturated heterocycles. The molecule has 0 aromatic heterocycles. The summed E-state index contributed by atoms with van der Waals surface area (Å²) in [5.41, 5.74) is 3.70. The summed E-state index contributed by atoms with van der Waals surface area (Å²) in [5, 5.41) is 12.2. The first-order chi connectivity index (χ1) is 9.70. The summed E-state index contributed by atoms with van der Waals surface area (Å²) in [6.45, 7) is 4.06. The minimum absolute atomic E-state index is 0.314. The lowest BCUT2D eigenvalue weighted by Crippen LogP contribution is -2.13. The molecule has 0 atom stereocenters. The summed E-state index contributed by atoms with van der Waals surface area (Å²) in [6.07, 6.45) is 1.13. The predicted octanol–water partition coefficient (Wildman–Crippen LogP) is 3.55. The highest BCUT2D eigenvalue weighted by molar-refractivity contribution is 5.88. The van der Waals surface area contributed by atoms with Crippen molar-refractivity contribution in [2.75, 3.05) is 6.54 Å². The summed E-state index contributed by atoms with van der Waals surface area (Å²) >= 11 is 0. The Morgan fingerprint density at radius 1 is 1.00 bits per heavy atom. The highest BCUT2D eigenvalue weighted by atomic mass is 16.4. The van der Waals surface area contributed by atoms with Crippen LogP contribution in [0.25, 0.3) is 11.1 Å². The van der Waals surface area contributed by atoms with E-state index >= 15 is 0 Å². The van der Waals surface area contributed by atoms with Gasteiger partial charge >= 0.3 is 5.97 Å². The van der Waals surface area contributed by atoms with Gasteiger partial charge in [-0.1, -0.05) is 43.3 Å². The van der Waals surface area contributed by atoms with Crippen LogP contribution < -0.4 is 5.32 Å².